The Bertz CT molecular complexity index is 4610. The van der Waals surface area contributed by atoms with Crippen LogP contribution in [0.15, 0.2) is 303 Å². The molecule has 0 aliphatic heterocycles. The van der Waals surface area contributed by atoms with Crippen LogP contribution in [0, 0.1) is 0 Å². The summed E-state index contributed by atoms with van der Waals surface area (Å²) in [6.45, 7) is 0. The number of rotatable bonds is 6. The Hall–Kier alpha value is -10.5. The van der Waals surface area contributed by atoms with E-state index in [0.717, 1.165) is 34.1 Å². The minimum Gasteiger partial charge on any atom is -0.309 e. The van der Waals surface area contributed by atoms with Crippen LogP contribution in [0.4, 0.5) is 34.1 Å². The summed E-state index contributed by atoms with van der Waals surface area (Å²) in [4.78, 5) is 5.12. The van der Waals surface area contributed by atoms with Crippen LogP contribution in [-0.4, -0.2) is 0 Å². The number of benzene rings is 14. The molecule has 4 aliphatic rings. The quantitative estimate of drug-likeness (QED) is 0.153. The van der Waals surface area contributed by atoms with Crippen molar-refractivity contribution in [3.8, 4) is 44.5 Å². The van der Waals surface area contributed by atoms with Crippen LogP contribution in [0.5, 0.6) is 0 Å². The number of fused-ring (bicyclic) bond motifs is 25. The van der Waals surface area contributed by atoms with Crippen molar-refractivity contribution >= 4 is 66.4 Å². The van der Waals surface area contributed by atoms with Crippen molar-refractivity contribution in [1.29, 1.82) is 0 Å². The minimum absolute atomic E-state index is 0.478. The summed E-state index contributed by atoms with van der Waals surface area (Å²) < 4.78 is 0. The van der Waals surface area contributed by atoms with Gasteiger partial charge in [0.1, 0.15) is 0 Å². The molecule has 0 bridgehead atoms. The van der Waals surface area contributed by atoms with E-state index in [-0.39, 0.29) is 0 Å². The summed E-state index contributed by atoms with van der Waals surface area (Å²) in [5.41, 5.74) is 26.7. The molecule has 82 heavy (non-hydrogen) atoms. The van der Waals surface area contributed by atoms with Gasteiger partial charge in [-0.05, 0) is 148 Å². The molecule has 14 aromatic rings. The molecule has 2 heteroatoms. The lowest BCUT2D eigenvalue weighted by molar-refractivity contribution is 0.794. The molecule has 0 amide bonds. The summed E-state index contributed by atoms with van der Waals surface area (Å²) >= 11 is 0. The van der Waals surface area contributed by atoms with Gasteiger partial charge in [-0.1, -0.05) is 255 Å². The lowest BCUT2D eigenvalue weighted by atomic mass is 9.70. The summed E-state index contributed by atoms with van der Waals surface area (Å²) in [5, 5.41) is 7.15. The molecule has 0 aromatic heterocycles. The molecule has 14 aromatic carbocycles. The first-order chi connectivity index (χ1) is 40.7. The SMILES string of the molecule is c1ccc(N(c2cccc3c2-c2ccccc2C32c3ccccc3-c3ccccc32)c2cc3c4ccccc4c(N(c4ccccc4)c4cccc5c4-c4ccccc4C54c5ccccc5-c5ccccc54)cc3c3ccccc23)cc1. The Morgan fingerprint density at radius 1 is 0.183 bits per heavy atom. The van der Waals surface area contributed by atoms with Crippen molar-refractivity contribution in [3.63, 3.8) is 0 Å². The van der Waals surface area contributed by atoms with Gasteiger partial charge in [0.25, 0.3) is 0 Å². The van der Waals surface area contributed by atoms with E-state index < -0.39 is 10.8 Å². The van der Waals surface area contributed by atoms with Crippen molar-refractivity contribution in [3.05, 3.63) is 348 Å². The highest BCUT2D eigenvalue weighted by molar-refractivity contribution is 6.25. The van der Waals surface area contributed by atoms with Gasteiger partial charge < -0.3 is 9.80 Å². The summed E-state index contributed by atoms with van der Waals surface area (Å²) in [7, 11) is 0. The largest absolute Gasteiger partial charge is 0.309 e. The van der Waals surface area contributed by atoms with Gasteiger partial charge in [0.05, 0.1) is 33.6 Å². The second-order valence-electron chi connectivity index (χ2n) is 22.5. The zero-order chi connectivity index (χ0) is 53.7. The molecule has 380 valence electrons. The summed E-state index contributed by atoms with van der Waals surface area (Å²) in [6.07, 6.45) is 0. The van der Waals surface area contributed by atoms with Crippen molar-refractivity contribution in [2.75, 3.05) is 9.80 Å². The molecule has 0 saturated carbocycles. The van der Waals surface area contributed by atoms with E-state index in [0.29, 0.717) is 0 Å². The molecule has 2 nitrogen and oxygen atoms in total. The molecule has 0 N–H and O–H groups in total. The minimum atomic E-state index is -0.478. The maximum absolute atomic E-state index is 2.56. The predicted molar refractivity (Wildman–Crippen MR) is 341 cm³/mol. The van der Waals surface area contributed by atoms with Crippen LogP contribution < -0.4 is 9.80 Å². The van der Waals surface area contributed by atoms with Crippen molar-refractivity contribution in [1.82, 2.24) is 0 Å². The van der Waals surface area contributed by atoms with Crippen LogP contribution in [0.25, 0.3) is 76.8 Å². The van der Waals surface area contributed by atoms with Gasteiger partial charge >= 0.3 is 0 Å². The standard InChI is InChI=1S/C80H50N2/c1-3-25-51(26-4-1)81(73-47-23-45-71-77(73)61-37-15-21-43-69(61)79(71)65-39-17-11-31-55(65)56-32-12-18-40-66(56)79)75-49-63-54-30-8-10-36-60(54)76(50-64(63)53-29-7-9-35-59(53)75)82(52-27-5-2-6-28-52)74-48-24-46-72-78(74)62-38-16-22-44-70(62)80(72)67-41-19-13-33-57(67)58-34-14-20-42-68(58)80/h1-50H. The average Bonchev–Trinajstić information content (AvgIpc) is 1.60. The zero-order valence-electron chi connectivity index (χ0n) is 44.8. The van der Waals surface area contributed by atoms with Gasteiger partial charge in [0.2, 0.25) is 0 Å². The van der Waals surface area contributed by atoms with E-state index >= 15 is 0 Å². The van der Waals surface area contributed by atoms with Crippen molar-refractivity contribution in [2.45, 2.75) is 10.8 Å². The van der Waals surface area contributed by atoms with Gasteiger partial charge in [-0.3, -0.25) is 0 Å². The smallest absolute Gasteiger partial charge is 0.0726 e. The summed E-state index contributed by atoms with van der Waals surface area (Å²) in [5.74, 6) is 0. The fourth-order valence-corrected chi connectivity index (χ4v) is 15.9. The maximum atomic E-state index is 2.56. The second-order valence-corrected chi connectivity index (χ2v) is 22.5. The van der Waals surface area contributed by atoms with E-state index in [1.54, 1.807) is 0 Å². The van der Waals surface area contributed by atoms with E-state index in [9.17, 15) is 0 Å². The van der Waals surface area contributed by atoms with Gasteiger partial charge in [-0.25, -0.2) is 0 Å². The van der Waals surface area contributed by atoms with E-state index in [1.165, 1.54) is 121 Å². The third kappa shape index (κ3) is 5.77. The predicted octanol–water partition coefficient (Wildman–Crippen LogP) is 20.8. The molecular weight excluding hydrogens is 989 g/mol. The molecule has 0 heterocycles. The molecule has 0 atom stereocenters. The Kier molecular flexibility index (Phi) is 9.39. The normalized spacial score (nSPS) is 13.8. The number of para-hydroxylation sites is 2. The average molecular weight is 1040 g/mol. The van der Waals surface area contributed by atoms with E-state index in [2.05, 4.69) is 313 Å². The number of anilines is 6. The Morgan fingerprint density at radius 3 is 0.805 bits per heavy atom. The molecule has 18 rings (SSSR count). The molecular formula is C80H50N2. The zero-order valence-corrected chi connectivity index (χ0v) is 44.8. The molecule has 4 aliphatic carbocycles. The number of nitrogens with zero attached hydrogens (tertiary/aromatic N) is 2. The molecule has 0 saturated heterocycles. The van der Waals surface area contributed by atoms with Crippen LogP contribution in [0.2, 0.25) is 0 Å². The van der Waals surface area contributed by atoms with Crippen molar-refractivity contribution < 1.29 is 0 Å². The van der Waals surface area contributed by atoms with E-state index in [1.807, 2.05) is 0 Å². The van der Waals surface area contributed by atoms with Crippen molar-refractivity contribution in [2.24, 2.45) is 0 Å². The van der Waals surface area contributed by atoms with Crippen LogP contribution >= 0.6 is 0 Å². The highest BCUT2D eigenvalue weighted by Crippen LogP contribution is 2.67. The highest BCUT2D eigenvalue weighted by atomic mass is 15.2. The first-order valence-electron chi connectivity index (χ1n) is 28.7. The monoisotopic (exact) mass is 1040 g/mol. The lowest BCUT2D eigenvalue weighted by Crippen LogP contribution is -2.26. The fourth-order valence-electron chi connectivity index (χ4n) is 15.9. The van der Waals surface area contributed by atoms with Crippen LogP contribution in [-0.2, 0) is 10.8 Å². The summed E-state index contributed by atoms with van der Waals surface area (Å²) in [6, 6.07) is 114. The molecule has 0 fully saturated rings. The second kappa shape index (κ2) is 17.0. The fraction of sp³-hybridized carbons (Fsp3) is 0.0250. The number of hydrogen-bond donors (Lipinski definition) is 0. The van der Waals surface area contributed by atoms with Gasteiger partial charge in [0, 0.05) is 33.3 Å². The van der Waals surface area contributed by atoms with Gasteiger partial charge in [0.15, 0.2) is 0 Å². The number of hydrogen-bond acceptors (Lipinski definition) is 2. The maximum Gasteiger partial charge on any atom is 0.0726 e. The van der Waals surface area contributed by atoms with Gasteiger partial charge in [-0.2, -0.15) is 0 Å². The van der Waals surface area contributed by atoms with Crippen LogP contribution in [0.1, 0.15) is 44.5 Å². The Morgan fingerprint density at radius 2 is 0.451 bits per heavy atom. The molecule has 2 spiro atoms. The topological polar surface area (TPSA) is 6.48 Å². The van der Waals surface area contributed by atoms with Gasteiger partial charge in [-0.15, -0.1) is 0 Å². The third-order valence-corrected chi connectivity index (χ3v) is 18.8. The highest BCUT2D eigenvalue weighted by Gasteiger charge is 2.54. The Balaban J connectivity index is 0.902. The lowest BCUT2D eigenvalue weighted by Gasteiger charge is -2.33. The Labute approximate surface area is 476 Å². The van der Waals surface area contributed by atoms with Crippen LogP contribution in [0.3, 0.4) is 0 Å². The first-order valence-corrected chi connectivity index (χ1v) is 28.7. The third-order valence-electron chi connectivity index (χ3n) is 18.8. The first kappa shape index (κ1) is 45.3. The molecule has 0 unspecified atom stereocenters. The molecule has 0 radical (unpaired) electrons. The van der Waals surface area contributed by atoms with E-state index in [4.69, 9.17) is 0 Å².